The first-order valence-corrected chi connectivity index (χ1v) is 2.46. The Morgan fingerprint density at radius 1 is 1.43 bits per heavy atom. The second-order valence-corrected chi connectivity index (χ2v) is 1.41. The third kappa shape index (κ3) is 27.9. The molecule has 1 rings (SSSR count). The van der Waals surface area contributed by atoms with Crippen molar-refractivity contribution < 1.29 is 9.90 Å². The van der Waals surface area contributed by atoms with E-state index in [0.29, 0.717) is 6.29 Å². The van der Waals surface area contributed by atoms with Crippen LogP contribution in [0.3, 0.4) is 0 Å². The Balaban J connectivity index is 0.000000105. The van der Waals surface area contributed by atoms with Gasteiger partial charge in [-0.05, 0) is 0 Å². The van der Waals surface area contributed by atoms with Crippen LogP contribution in [0.15, 0.2) is 0 Å². The minimum atomic E-state index is -0.361. The van der Waals surface area contributed by atoms with Gasteiger partial charge in [0.1, 0.15) is 6.29 Å². The van der Waals surface area contributed by atoms with Crippen LogP contribution >= 0.6 is 0 Å². The van der Waals surface area contributed by atoms with E-state index in [1.807, 2.05) is 0 Å². The van der Waals surface area contributed by atoms with Gasteiger partial charge in [-0.3, -0.25) is 0 Å². The van der Waals surface area contributed by atoms with E-state index in [1.54, 1.807) is 0 Å². The quantitative estimate of drug-likeness (QED) is 0.485. The highest BCUT2D eigenvalue weighted by Crippen LogP contribution is 2.14. The lowest BCUT2D eigenvalue weighted by molar-refractivity contribution is -0.110. The molecule has 1 aliphatic rings. The second kappa shape index (κ2) is 5.63. The normalized spacial score (nSPS) is 13.9. The predicted molar refractivity (Wildman–Crippen MR) is 27.0 cm³/mol. The Hall–Kier alpha value is -0.370. The first kappa shape index (κ1) is 6.63. The molecule has 0 amide bonds. The Kier molecular flexibility index (Phi) is 5.33. The van der Waals surface area contributed by atoms with Gasteiger partial charge in [-0.15, -0.1) is 0 Å². The number of hydrogen-bond donors (Lipinski definition) is 1. The van der Waals surface area contributed by atoms with E-state index in [0.717, 1.165) is 0 Å². The molecule has 7 heavy (non-hydrogen) atoms. The van der Waals surface area contributed by atoms with E-state index in [2.05, 4.69) is 0 Å². The molecule has 0 aromatic heterocycles. The van der Waals surface area contributed by atoms with Crippen LogP contribution < -0.4 is 0 Å². The molecule has 0 aromatic rings. The van der Waals surface area contributed by atoms with Crippen molar-refractivity contribution in [2.45, 2.75) is 19.3 Å². The van der Waals surface area contributed by atoms with Gasteiger partial charge in [-0.2, -0.15) is 0 Å². The standard InChI is InChI=1S/C3H6.C2H4O2/c1-2-3-1;3-1-2-4/h1-3H2;1,4H,2H2. The number of aliphatic hydroxyl groups excluding tert-OH is 1. The Bertz CT molecular complexity index is 38.6. The molecule has 1 aliphatic carbocycles. The van der Waals surface area contributed by atoms with Crippen molar-refractivity contribution in [1.82, 2.24) is 0 Å². The highest BCUT2D eigenvalue weighted by molar-refractivity contribution is 5.49. The maximum atomic E-state index is 8.92. The lowest BCUT2D eigenvalue weighted by atomic mass is 10.9. The van der Waals surface area contributed by atoms with E-state index in [9.17, 15) is 0 Å². The van der Waals surface area contributed by atoms with Crippen LogP contribution in [0.1, 0.15) is 19.3 Å². The molecule has 1 N–H and O–H groups in total. The first-order valence-electron chi connectivity index (χ1n) is 2.46. The molecule has 0 saturated heterocycles. The molecule has 0 heterocycles. The fraction of sp³-hybridized carbons (Fsp3) is 0.800. The summed E-state index contributed by atoms with van der Waals surface area (Å²) in [4.78, 5) is 8.92. The van der Waals surface area contributed by atoms with Crippen LogP contribution in [0.25, 0.3) is 0 Å². The molecule has 0 radical (unpaired) electrons. The molecule has 0 unspecified atom stereocenters. The third-order valence-corrected chi connectivity index (χ3v) is 0.428. The lowest BCUT2D eigenvalue weighted by Crippen LogP contribution is -1.75. The van der Waals surface area contributed by atoms with Crippen molar-refractivity contribution in [3.05, 3.63) is 0 Å². The molecular weight excluding hydrogens is 92.1 g/mol. The summed E-state index contributed by atoms with van der Waals surface area (Å²) in [5.41, 5.74) is 0. The van der Waals surface area contributed by atoms with Crippen LogP contribution in [0.5, 0.6) is 0 Å². The van der Waals surface area contributed by atoms with Crippen molar-refractivity contribution in [2.75, 3.05) is 6.61 Å². The summed E-state index contributed by atoms with van der Waals surface area (Å²) in [5.74, 6) is 0. The van der Waals surface area contributed by atoms with Crippen LogP contribution in [-0.2, 0) is 4.79 Å². The van der Waals surface area contributed by atoms with E-state index in [4.69, 9.17) is 9.90 Å². The highest BCUT2D eigenvalue weighted by Gasteiger charge is 1.95. The number of carbonyl (C=O) groups excluding carboxylic acids is 1. The van der Waals surface area contributed by atoms with Gasteiger partial charge < -0.3 is 9.90 Å². The van der Waals surface area contributed by atoms with Crippen LogP contribution in [0, 0.1) is 0 Å². The largest absolute Gasteiger partial charge is 0.389 e. The van der Waals surface area contributed by atoms with Crippen LogP contribution in [0.2, 0.25) is 0 Å². The van der Waals surface area contributed by atoms with Gasteiger partial charge in [-0.1, -0.05) is 19.3 Å². The number of aldehydes is 1. The van der Waals surface area contributed by atoms with Gasteiger partial charge in [0, 0.05) is 0 Å². The van der Waals surface area contributed by atoms with E-state index in [-0.39, 0.29) is 6.61 Å². The molecule has 0 bridgehead atoms. The van der Waals surface area contributed by atoms with Gasteiger partial charge >= 0.3 is 0 Å². The average Bonchev–Trinajstić information content (AvgIpc) is 2.47. The van der Waals surface area contributed by atoms with E-state index in [1.165, 1.54) is 19.3 Å². The summed E-state index contributed by atoms with van der Waals surface area (Å²) < 4.78 is 0. The monoisotopic (exact) mass is 102 g/mol. The van der Waals surface area contributed by atoms with Gasteiger partial charge in [0.2, 0.25) is 0 Å². The number of carbonyl (C=O) groups is 1. The molecule has 0 atom stereocenters. The Morgan fingerprint density at radius 2 is 1.71 bits per heavy atom. The third-order valence-electron chi connectivity index (χ3n) is 0.428. The molecular formula is C5H10O2. The zero-order valence-corrected chi connectivity index (χ0v) is 4.26. The SMILES string of the molecule is C1CC1.O=CCO. The summed E-state index contributed by atoms with van der Waals surface area (Å²) >= 11 is 0. The fourth-order valence-corrected chi connectivity index (χ4v) is 0. The maximum Gasteiger partial charge on any atom is 0.145 e. The van der Waals surface area contributed by atoms with Crippen LogP contribution in [-0.4, -0.2) is 18.0 Å². The molecule has 0 aromatic carbocycles. The molecule has 0 spiro atoms. The van der Waals surface area contributed by atoms with Crippen molar-refractivity contribution in [2.24, 2.45) is 0 Å². The minimum Gasteiger partial charge on any atom is -0.389 e. The number of rotatable bonds is 1. The first-order chi connectivity index (χ1) is 3.41. The molecule has 1 fully saturated rings. The molecule has 0 aliphatic heterocycles. The smallest absolute Gasteiger partial charge is 0.145 e. The molecule has 2 nitrogen and oxygen atoms in total. The van der Waals surface area contributed by atoms with Crippen molar-refractivity contribution in [3.8, 4) is 0 Å². The van der Waals surface area contributed by atoms with Gasteiger partial charge in [-0.25, -0.2) is 0 Å². The fourth-order valence-electron chi connectivity index (χ4n) is 0. The highest BCUT2D eigenvalue weighted by atomic mass is 16.3. The van der Waals surface area contributed by atoms with Gasteiger partial charge in [0.25, 0.3) is 0 Å². The molecule has 1 saturated carbocycles. The summed E-state index contributed by atoms with van der Waals surface area (Å²) in [6, 6.07) is 0. The Labute approximate surface area is 43.2 Å². The summed E-state index contributed by atoms with van der Waals surface area (Å²) in [6.45, 7) is -0.361. The van der Waals surface area contributed by atoms with Gasteiger partial charge in [0.05, 0.1) is 6.61 Å². The van der Waals surface area contributed by atoms with Gasteiger partial charge in [0.15, 0.2) is 0 Å². The van der Waals surface area contributed by atoms with E-state index >= 15 is 0 Å². The maximum absolute atomic E-state index is 8.92. The lowest BCUT2D eigenvalue weighted by Gasteiger charge is -1.54. The number of hydrogen-bond acceptors (Lipinski definition) is 2. The van der Waals surface area contributed by atoms with Crippen molar-refractivity contribution in [3.63, 3.8) is 0 Å². The van der Waals surface area contributed by atoms with Crippen molar-refractivity contribution >= 4 is 6.29 Å². The average molecular weight is 102 g/mol. The minimum absolute atomic E-state index is 0.361. The Morgan fingerprint density at radius 3 is 1.71 bits per heavy atom. The second-order valence-electron chi connectivity index (χ2n) is 1.41. The predicted octanol–water partition coefficient (Wildman–Crippen LogP) is 0.348. The van der Waals surface area contributed by atoms with Crippen molar-refractivity contribution in [1.29, 1.82) is 0 Å². The number of aliphatic hydroxyl groups is 1. The topological polar surface area (TPSA) is 37.3 Å². The molecule has 42 valence electrons. The van der Waals surface area contributed by atoms with Crippen LogP contribution in [0.4, 0.5) is 0 Å². The zero-order valence-electron chi connectivity index (χ0n) is 4.26. The molecule has 2 heteroatoms. The summed E-state index contributed by atoms with van der Waals surface area (Å²) in [5, 5.41) is 7.51. The summed E-state index contributed by atoms with van der Waals surface area (Å²) in [6.07, 6.45) is 4.93. The summed E-state index contributed by atoms with van der Waals surface area (Å²) in [7, 11) is 0. The van der Waals surface area contributed by atoms with E-state index < -0.39 is 0 Å². The zero-order chi connectivity index (χ0) is 5.54.